The summed E-state index contributed by atoms with van der Waals surface area (Å²) in [7, 11) is 0. The number of rotatable bonds is 3. The fourth-order valence-electron chi connectivity index (χ4n) is 1.49. The molecule has 2 aromatic rings. The first kappa shape index (κ1) is 9.89. The lowest BCUT2D eigenvalue weighted by Crippen LogP contribution is -2.29. The summed E-state index contributed by atoms with van der Waals surface area (Å²) >= 11 is 0. The topological polar surface area (TPSA) is 64.1 Å². The highest BCUT2D eigenvalue weighted by Crippen LogP contribution is 2.19. The maximum absolute atomic E-state index is 5.50. The van der Waals surface area contributed by atoms with E-state index in [1.54, 1.807) is 6.26 Å². The van der Waals surface area contributed by atoms with Gasteiger partial charge in [-0.05, 0) is 31.2 Å². The Morgan fingerprint density at radius 1 is 1.33 bits per heavy atom. The third-order valence-electron chi connectivity index (χ3n) is 2.20. The highest BCUT2D eigenvalue weighted by Gasteiger charge is 2.15. The van der Waals surface area contributed by atoms with Gasteiger partial charge in [-0.25, -0.2) is 5.43 Å². The molecule has 0 bridgehead atoms. The van der Waals surface area contributed by atoms with E-state index in [-0.39, 0.29) is 6.04 Å². The van der Waals surface area contributed by atoms with E-state index >= 15 is 0 Å². The van der Waals surface area contributed by atoms with Crippen LogP contribution in [0.15, 0.2) is 41.0 Å². The van der Waals surface area contributed by atoms with E-state index in [9.17, 15) is 0 Å². The highest BCUT2D eigenvalue weighted by atomic mass is 16.3. The Balaban J connectivity index is 2.35. The Morgan fingerprint density at radius 3 is 2.80 bits per heavy atom. The fraction of sp³-hybridized carbons (Fsp3) is 0.182. The van der Waals surface area contributed by atoms with Crippen molar-refractivity contribution in [2.75, 3.05) is 0 Å². The first-order valence-corrected chi connectivity index (χ1v) is 4.74. The summed E-state index contributed by atoms with van der Waals surface area (Å²) in [4.78, 5) is 4.40. The maximum Gasteiger partial charge on any atom is 0.128 e. The molecule has 0 aliphatic rings. The molecule has 1 atom stereocenters. The number of furan rings is 1. The molecule has 0 radical (unpaired) electrons. The summed E-state index contributed by atoms with van der Waals surface area (Å²) in [6.07, 6.45) is 1.62. The molecule has 0 saturated heterocycles. The Kier molecular flexibility index (Phi) is 2.80. The third kappa shape index (κ3) is 2.06. The number of hydrogen-bond donors (Lipinski definition) is 2. The van der Waals surface area contributed by atoms with Crippen molar-refractivity contribution in [3.63, 3.8) is 0 Å². The van der Waals surface area contributed by atoms with Crippen LogP contribution in [0.3, 0.4) is 0 Å². The first-order valence-electron chi connectivity index (χ1n) is 4.74. The number of hydrazine groups is 1. The Bertz CT molecular complexity index is 425. The van der Waals surface area contributed by atoms with Crippen LogP contribution in [0.5, 0.6) is 0 Å². The molecule has 2 aromatic heterocycles. The maximum atomic E-state index is 5.50. The predicted molar refractivity (Wildman–Crippen MR) is 56.8 cm³/mol. The van der Waals surface area contributed by atoms with Gasteiger partial charge < -0.3 is 4.42 Å². The SMILES string of the molecule is Cc1cccc(C(NN)c2ccco2)n1. The van der Waals surface area contributed by atoms with E-state index in [0.29, 0.717) is 0 Å². The van der Waals surface area contributed by atoms with Crippen molar-refractivity contribution < 1.29 is 4.42 Å². The van der Waals surface area contributed by atoms with Crippen molar-refractivity contribution in [1.82, 2.24) is 10.4 Å². The number of pyridine rings is 1. The Morgan fingerprint density at radius 2 is 2.20 bits per heavy atom. The molecule has 0 saturated carbocycles. The van der Waals surface area contributed by atoms with Crippen molar-refractivity contribution >= 4 is 0 Å². The van der Waals surface area contributed by atoms with Crippen LogP contribution in [0.2, 0.25) is 0 Å². The molecular weight excluding hydrogens is 190 g/mol. The molecule has 0 aliphatic carbocycles. The predicted octanol–water partition coefficient (Wildman–Crippen LogP) is 1.54. The molecule has 2 rings (SSSR count). The van der Waals surface area contributed by atoms with Gasteiger partial charge in [-0.3, -0.25) is 10.8 Å². The average molecular weight is 203 g/mol. The molecule has 3 N–H and O–H groups in total. The second kappa shape index (κ2) is 4.25. The summed E-state index contributed by atoms with van der Waals surface area (Å²) in [6, 6.07) is 9.31. The number of nitrogens with one attached hydrogen (secondary N) is 1. The first-order chi connectivity index (χ1) is 7.31. The molecule has 15 heavy (non-hydrogen) atoms. The van der Waals surface area contributed by atoms with Crippen molar-refractivity contribution in [3.05, 3.63) is 53.7 Å². The molecule has 0 fully saturated rings. The van der Waals surface area contributed by atoms with Gasteiger partial charge in [0.2, 0.25) is 0 Å². The highest BCUT2D eigenvalue weighted by molar-refractivity contribution is 5.21. The number of nitrogens with two attached hydrogens (primary N) is 1. The van der Waals surface area contributed by atoms with E-state index in [1.165, 1.54) is 0 Å². The van der Waals surface area contributed by atoms with Gasteiger partial charge in [-0.15, -0.1) is 0 Å². The lowest BCUT2D eigenvalue weighted by molar-refractivity contribution is 0.447. The largest absolute Gasteiger partial charge is 0.467 e. The molecule has 1 unspecified atom stereocenters. The van der Waals surface area contributed by atoms with Gasteiger partial charge in [0.25, 0.3) is 0 Å². The Hall–Kier alpha value is -1.65. The minimum absolute atomic E-state index is 0.195. The van der Waals surface area contributed by atoms with Crippen LogP contribution in [0, 0.1) is 6.92 Å². The zero-order valence-electron chi connectivity index (χ0n) is 8.47. The summed E-state index contributed by atoms with van der Waals surface area (Å²) in [6.45, 7) is 1.94. The number of nitrogens with zero attached hydrogens (tertiary/aromatic N) is 1. The zero-order chi connectivity index (χ0) is 10.7. The van der Waals surface area contributed by atoms with Gasteiger partial charge in [-0.1, -0.05) is 6.07 Å². The van der Waals surface area contributed by atoms with Gasteiger partial charge in [0.1, 0.15) is 11.8 Å². The zero-order valence-corrected chi connectivity index (χ0v) is 8.47. The minimum Gasteiger partial charge on any atom is -0.467 e. The third-order valence-corrected chi connectivity index (χ3v) is 2.20. The van der Waals surface area contributed by atoms with Gasteiger partial charge in [0.15, 0.2) is 0 Å². The van der Waals surface area contributed by atoms with Gasteiger partial charge in [0, 0.05) is 5.69 Å². The molecular formula is C11H13N3O. The van der Waals surface area contributed by atoms with Crippen molar-refractivity contribution in [3.8, 4) is 0 Å². The summed E-state index contributed by atoms with van der Waals surface area (Å²) in [5.74, 6) is 6.26. The molecule has 0 amide bonds. The average Bonchev–Trinajstić information content (AvgIpc) is 2.72. The molecule has 4 nitrogen and oxygen atoms in total. The summed E-state index contributed by atoms with van der Waals surface area (Å²) in [5, 5.41) is 0. The quantitative estimate of drug-likeness (QED) is 0.586. The standard InChI is InChI=1S/C11H13N3O/c1-8-4-2-5-9(13-8)11(14-12)10-6-3-7-15-10/h2-7,11,14H,12H2,1H3. The van der Waals surface area contributed by atoms with Crippen LogP contribution in [0.25, 0.3) is 0 Å². The fourth-order valence-corrected chi connectivity index (χ4v) is 1.49. The van der Waals surface area contributed by atoms with Crippen molar-refractivity contribution in [2.45, 2.75) is 13.0 Å². The Labute approximate surface area is 88.1 Å². The number of hydrogen-bond acceptors (Lipinski definition) is 4. The van der Waals surface area contributed by atoms with Crippen LogP contribution >= 0.6 is 0 Å². The number of aryl methyl sites for hydroxylation is 1. The molecule has 78 valence electrons. The van der Waals surface area contributed by atoms with Gasteiger partial charge in [-0.2, -0.15) is 0 Å². The van der Waals surface area contributed by atoms with Gasteiger partial charge >= 0.3 is 0 Å². The van der Waals surface area contributed by atoms with E-state index < -0.39 is 0 Å². The molecule has 0 aliphatic heterocycles. The summed E-state index contributed by atoms with van der Waals surface area (Å²) in [5.41, 5.74) is 4.50. The van der Waals surface area contributed by atoms with Gasteiger partial charge in [0.05, 0.1) is 12.0 Å². The normalized spacial score (nSPS) is 12.7. The van der Waals surface area contributed by atoms with E-state index in [4.69, 9.17) is 10.3 Å². The van der Waals surface area contributed by atoms with Crippen LogP contribution in [-0.4, -0.2) is 4.98 Å². The lowest BCUT2D eigenvalue weighted by atomic mass is 10.1. The van der Waals surface area contributed by atoms with Crippen LogP contribution in [0.1, 0.15) is 23.2 Å². The molecule has 2 heterocycles. The van der Waals surface area contributed by atoms with E-state index in [2.05, 4.69) is 10.4 Å². The smallest absolute Gasteiger partial charge is 0.128 e. The van der Waals surface area contributed by atoms with Crippen LogP contribution in [-0.2, 0) is 0 Å². The number of aromatic nitrogens is 1. The summed E-state index contributed by atoms with van der Waals surface area (Å²) < 4.78 is 5.30. The second-order valence-corrected chi connectivity index (χ2v) is 3.32. The van der Waals surface area contributed by atoms with E-state index in [1.807, 2.05) is 37.3 Å². The second-order valence-electron chi connectivity index (χ2n) is 3.32. The van der Waals surface area contributed by atoms with Crippen molar-refractivity contribution in [2.24, 2.45) is 5.84 Å². The molecule has 0 aromatic carbocycles. The van der Waals surface area contributed by atoms with Crippen LogP contribution in [0.4, 0.5) is 0 Å². The monoisotopic (exact) mass is 203 g/mol. The molecule has 4 heteroatoms. The minimum atomic E-state index is -0.195. The van der Waals surface area contributed by atoms with E-state index in [0.717, 1.165) is 17.1 Å². The molecule has 0 spiro atoms. The van der Waals surface area contributed by atoms with Crippen LogP contribution < -0.4 is 11.3 Å². The lowest BCUT2D eigenvalue weighted by Gasteiger charge is -2.12. The van der Waals surface area contributed by atoms with Crippen molar-refractivity contribution in [1.29, 1.82) is 0 Å².